The lowest BCUT2D eigenvalue weighted by Crippen LogP contribution is -2.58. The molecule has 0 aliphatic carbocycles. The van der Waals surface area contributed by atoms with E-state index in [2.05, 4.69) is 10.6 Å². The number of amides is 3. The van der Waals surface area contributed by atoms with Gasteiger partial charge in [0.15, 0.2) is 0 Å². The van der Waals surface area contributed by atoms with Gasteiger partial charge in [0.1, 0.15) is 11.8 Å². The first-order chi connectivity index (χ1) is 14.5. The Morgan fingerprint density at radius 3 is 2.52 bits per heavy atom. The van der Waals surface area contributed by atoms with E-state index >= 15 is 0 Å². The Morgan fingerprint density at radius 1 is 1.26 bits per heavy atom. The molecule has 5 N–H and O–H groups in total. The molecular formula is C20H31N3O7S. The second-order valence-corrected chi connectivity index (χ2v) is 9.55. The third-order valence-electron chi connectivity index (χ3n) is 5.64. The Bertz CT molecular complexity index is 768. The number of carboxylic acid groups (broad SMARTS) is 1. The Kier molecular flexibility index (Phi) is 8.49. The zero-order valence-corrected chi connectivity index (χ0v) is 18.8. The van der Waals surface area contributed by atoms with Crippen molar-refractivity contribution in [1.82, 2.24) is 15.5 Å². The molecule has 2 aliphatic rings. The Balaban J connectivity index is 1.71. The summed E-state index contributed by atoms with van der Waals surface area (Å²) in [5.41, 5.74) is -0.923. The molecule has 0 aromatic heterocycles. The van der Waals surface area contributed by atoms with E-state index < -0.39 is 23.4 Å². The number of aliphatic hydroxyl groups excluding tert-OH is 2. The van der Waals surface area contributed by atoms with Crippen molar-refractivity contribution in [2.45, 2.75) is 52.2 Å². The van der Waals surface area contributed by atoms with Gasteiger partial charge in [0.05, 0.1) is 18.6 Å². The van der Waals surface area contributed by atoms with Gasteiger partial charge >= 0.3 is 5.97 Å². The number of nitrogens with one attached hydrogen (secondary N) is 2. The van der Waals surface area contributed by atoms with Gasteiger partial charge in [-0.05, 0) is 6.42 Å². The molecule has 0 bridgehead atoms. The lowest BCUT2D eigenvalue weighted by molar-refractivity contribution is -0.155. The number of aliphatic carboxylic acids is 1. The summed E-state index contributed by atoms with van der Waals surface area (Å²) in [7, 11) is 0. The number of hydrogen-bond donors (Lipinski definition) is 5. The molecule has 3 atom stereocenters. The van der Waals surface area contributed by atoms with E-state index in [4.69, 9.17) is 0 Å². The molecule has 31 heavy (non-hydrogen) atoms. The van der Waals surface area contributed by atoms with Crippen LogP contribution in [0.15, 0.2) is 10.6 Å². The summed E-state index contributed by atoms with van der Waals surface area (Å²) < 4.78 is 0. The van der Waals surface area contributed by atoms with E-state index in [0.29, 0.717) is 30.0 Å². The predicted molar refractivity (Wildman–Crippen MR) is 114 cm³/mol. The second kappa shape index (κ2) is 10.5. The highest BCUT2D eigenvalue weighted by Gasteiger charge is 2.54. The fourth-order valence-electron chi connectivity index (χ4n) is 3.62. The van der Waals surface area contributed by atoms with E-state index in [1.807, 2.05) is 6.92 Å². The van der Waals surface area contributed by atoms with Gasteiger partial charge in [0, 0.05) is 42.0 Å². The zero-order chi connectivity index (χ0) is 23.3. The molecule has 1 fully saturated rings. The van der Waals surface area contributed by atoms with Crippen LogP contribution in [0.25, 0.3) is 0 Å². The van der Waals surface area contributed by atoms with Crippen LogP contribution in [0.5, 0.6) is 0 Å². The Hall–Kier alpha value is -2.11. The predicted octanol–water partition coefficient (Wildman–Crippen LogP) is -0.342. The molecule has 0 aromatic carbocycles. The summed E-state index contributed by atoms with van der Waals surface area (Å²) in [6.45, 7) is 5.02. The van der Waals surface area contributed by atoms with Crippen molar-refractivity contribution in [3.8, 4) is 0 Å². The molecule has 1 saturated heterocycles. The number of rotatable bonds is 12. The number of β-lactam (4-membered cyclic amide) rings is 1. The third kappa shape index (κ3) is 5.58. The molecule has 0 spiro atoms. The van der Waals surface area contributed by atoms with Crippen molar-refractivity contribution < 1.29 is 34.5 Å². The van der Waals surface area contributed by atoms with E-state index in [-0.39, 0.29) is 49.0 Å². The SMILES string of the molecule is CC[C@H]1C(=O)N2C(C(=O)O)=C(SCCNC(=O)CCNC(=O)[C@H](O)C(C)(C)CO)C[C@H]12. The number of carbonyl (C=O) groups excluding carboxylic acids is 3. The van der Waals surface area contributed by atoms with Gasteiger partial charge in [-0.2, -0.15) is 0 Å². The summed E-state index contributed by atoms with van der Waals surface area (Å²) in [5, 5.41) is 33.7. The minimum Gasteiger partial charge on any atom is -0.477 e. The van der Waals surface area contributed by atoms with E-state index in [0.717, 1.165) is 0 Å². The van der Waals surface area contributed by atoms with E-state index in [1.165, 1.54) is 16.7 Å². The average Bonchev–Trinajstić information content (AvgIpc) is 3.05. The summed E-state index contributed by atoms with van der Waals surface area (Å²) >= 11 is 1.33. The molecule has 0 unspecified atom stereocenters. The molecule has 174 valence electrons. The van der Waals surface area contributed by atoms with Crippen molar-refractivity contribution in [1.29, 1.82) is 0 Å². The number of hydrogen-bond acceptors (Lipinski definition) is 7. The first kappa shape index (κ1) is 25.2. The van der Waals surface area contributed by atoms with Gasteiger partial charge in [-0.15, -0.1) is 11.8 Å². The van der Waals surface area contributed by atoms with Crippen LogP contribution in [0.2, 0.25) is 0 Å². The first-order valence-electron chi connectivity index (χ1n) is 10.3. The van der Waals surface area contributed by atoms with E-state index in [9.17, 15) is 34.5 Å². The number of fused-ring (bicyclic) bond motifs is 1. The van der Waals surface area contributed by atoms with Crippen LogP contribution >= 0.6 is 11.8 Å². The quantitative estimate of drug-likeness (QED) is 0.197. The van der Waals surface area contributed by atoms with Crippen molar-refractivity contribution in [2.75, 3.05) is 25.4 Å². The van der Waals surface area contributed by atoms with Crippen LogP contribution in [0, 0.1) is 11.3 Å². The Morgan fingerprint density at radius 2 is 1.94 bits per heavy atom. The average molecular weight is 458 g/mol. The molecule has 2 aliphatic heterocycles. The van der Waals surface area contributed by atoms with Crippen molar-refractivity contribution >= 4 is 35.5 Å². The van der Waals surface area contributed by atoms with Crippen LogP contribution in [-0.2, 0) is 19.2 Å². The fourth-order valence-corrected chi connectivity index (χ4v) is 4.68. The van der Waals surface area contributed by atoms with Crippen molar-refractivity contribution in [2.24, 2.45) is 11.3 Å². The van der Waals surface area contributed by atoms with Crippen LogP contribution < -0.4 is 10.6 Å². The number of aliphatic hydroxyl groups is 2. The molecule has 10 nitrogen and oxygen atoms in total. The van der Waals surface area contributed by atoms with E-state index in [1.54, 1.807) is 13.8 Å². The standard InChI is InChI=1S/C20H31N3O7S/c1-4-11-12-9-13(15(19(29)30)23(12)18(11)28)31-8-7-21-14(25)5-6-22-17(27)16(26)20(2,3)10-24/h11-12,16,24,26H,4-10H2,1-3H3,(H,21,25)(H,22,27)(H,29,30)/t11-,12-,16+/m1/s1. The smallest absolute Gasteiger partial charge is 0.353 e. The third-order valence-corrected chi connectivity index (χ3v) is 6.76. The first-order valence-corrected chi connectivity index (χ1v) is 11.3. The molecule has 11 heteroatoms. The highest BCUT2D eigenvalue weighted by molar-refractivity contribution is 8.03. The van der Waals surface area contributed by atoms with Crippen LogP contribution in [0.3, 0.4) is 0 Å². The van der Waals surface area contributed by atoms with Gasteiger partial charge in [0.2, 0.25) is 17.7 Å². The largest absolute Gasteiger partial charge is 0.477 e. The highest BCUT2D eigenvalue weighted by atomic mass is 32.2. The summed E-state index contributed by atoms with van der Waals surface area (Å²) in [4.78, 5) is 49.5. The molecule has 0 radical (unpaired) electrons. The van der Waals surface area contributed by atoms with Gasteiger partial charge in [-0.25, -0.2) is 4.79 Å². The van der Waals surface area contributed by atoms with Gasteiger partial charge in [-0.1, -0.05) is 20.8 Å². The molecule has 0 saturated carbocycles. The maximum atomic E-state index is 12.1. The second-order valence-electron chi connectivity index (χ2n) is 8.36. The van der Waals surface area contributed by atoms with Crippen molar-refractivity contribution in [3.05, 3.63) is 10.6 Å². The number of thioether (sulfide) groups is 1. The monoisotopic (exact) mass is 457 g/mol. The lowest BCUT2D eigenvalue weighted by Gasteiger charge is -2.42. The number of carbonyl (C=O) groups is 4. The fraction of sp³-hybridized carbons (Fsp3) is 0.700. The summed E-state index contributed by atoms with van der Waals surface area (Å²) in [6.07, 6.45) is -0.145. The number of nitrogens with zero attached hydrogens (tertiary/aromatic N) is 1. The van der Waals surface area contributed by atoms with Crippen LogP contribution in [-0.4, -0.2) is 81.5 Å². The number of carboxylic acids is 1. The summed E-state index contributed by atoms with van der Waals surface area (Å²) in [6, 6.07) is -0.0736. The lowest BCUT2D eigenvalue weighted by atomic mass is 9.85. The Labute approximate surface area is 185 Å². The molecular weight excluding hydrogens is 426 g/mol. The zero-order valence-electron chi connectivity index (χ0n) is 18.0. The minimum atomic E-state index is -1.38. The van der Waals surface area contributed by atoms with Gasteiger partial charge in [-0.3, -0.25) is 14.4 Å². The summed E-state index contributed by atoms with van der Waals surface area (Å²) in [5.74, 6) is -1.85. The maximum Gasteiger partial charge on any atom is 0.353 e. The van der Waals surface area contributed by atoms with Gasteiger partial charge < -0.3 is 30.9 Å². The minimum absolute atomic E-state index is 0.0221. The normalized spacial score (nSPS) is 21.5. The van der Waals surface area contributed by atoms with Crippen LogP contribution in [0.1, 0.15) is 40.0 Å². The molecule has 2 rings (SSSR count). The molecule has 2 heterocycles. The topological polar surface area (TPSA) is 156 Å². The van der Waals surface area contributed by atoms with Crippen molar-refractivity contribution in [3.63, 3.8) is 0 Å². The van der Waals surface area contributed by atoms with Crippen LogP contribution in [0.4, 0.5) is 0 Å². The molecule has 0 aromatic rings. The maximum absolute atomic E-state index is 12.1. The molecule has 3 amide bonds. The highest BCUT2D eigenvalue weighted by Crippen LogP contribution is 2.46. The van der Waals surface area contributed by atoms with Gasteiger partial charge in [0.25, 0.3) is 0 Å².